The Labute approximate surface area is 88.5 Å². The molecule has 0 unspecified atom stereocenters. The first-order valence-corrected chi connectivity index (χ1v) is 4.43. The van der Waals surface area contributed by atoms with Gasteiger partial charge >= 0.3 is 0 Å². The summed E-state index contributed by atoms with van der Waals surface area (Å²) in [7, 11) is 0. The highest BCUT2D eigenvalue weighted by Crippen LogP contribution is 2.10. The van der Waals surface area contributed by atoms with E-state index in [-0.39, 0.29) is 12.4 Å². The van der Waals surface area contributed by atoms with E-state index in [1.165, 1.54) is 12.3 Å². The van der Waals surface area contributed by atoms with Gasteiger partial charge in [-0.2, -0.15) is 4.39 Å². The van der Waals surface area contributed by atoms with Crippen LogP contribution in [0.5, 0.6) is 0 Å². The molecule has 14 heavy (non-hydrogen) atoms. The highest BCUT2D eigenvalue weighted by Gasteiger charge is 2.13. The number of pyridine rings is 1. The van der Waals surface area contributed by atoms with Crippen molar-refractivity contribution in [2.75, 3.05) is 18.4 Å². The van der Waals surface area contributed by atoms with Crippen LogP contribution >= 0.6 is 12.4 Å². The lowest BCUT2D eigenvalue weighted by molar-refractivity contribution is 0.584. The van der Waals surface area contributed by atoms with Crippen LogP contribution < -0.4 is 10.6 Å². The molecule has 78 valence electrons. The molecule has 0 amide bonds. The molecule has 1 aromatic heterocycles. The van der Waals surface area contributed by atoms with Gasteiger partial charge in [0, 0.05) is 12.6 Å². The summed E-state index contributed by atoms with van der Waals surface area (Å²) in [6, 6.07) is 3.53. The molecular formula is C9H13ClFN3. The molecule has 1 atom stereocenters. The monoisotopic (exact) mass is 217 g/mol. The lowest BCUT2D eigenvalue weighted by atomic mass is 10.2. The smallest absolute Gasteiger partial charge is 0.212 e. The Hall–Kier alpha value is -0.870. The minimum atomic E-state index is -0.435. The average molecular weight is 218 g/mol. The summed E-state index contributed by atoms with van der Waals surface area (Å²) < 4.78 is 12.4. The van der Waals surface area contributed by atoms with E-state index in [9.17, 15) is 4.39 Å². The number of hydrogen-bond acceptors (Lipinski definition) is 3. The molecule has 1 saturated heterocycles. The number of hydrogen-bond donors (Lipinski definition) is 2. The van der Waals surface area contributed by atoms with Gasteiger partial charge < -0.3 is 10.6 Å². The highest BCUT2D eigenvalue weighted by atomic mass is 35.5. The van der Waals surface area contributed by atoms with Crippen molar-refractivity contribution in [2.45, 2.75) is 12.5 Å². The van der Waals surface area contributed by atoms with Crippen LogP contribution in [0.25, 0.3) is 0 Å². The van der Waals surface area contributed by atoms with Gasteiger partial charge in [-0.15, -0.1) is 12.4 Å². The van der Waals surface area contributed by atoms with Crippen molar-refractivity contribution >= 4 is 18.1 Å². The predicted molar refractivity (Wildman–Crippen MR) is 56.3 cm³/mol. The van der Waals surface area contributed by atoms with Crippen molar-refractivity contribution in [2.24, 2.45) is 0 Å². The molecule has 2 N–H and O–H groups in total. The van der Waals surface area contributed by atoms with Crippen molar-refractivity contribution in [1.82, 2.24) is 10.3 Å². The predicted octanol–water partition coefficient (Wildman–Crippen LogP) is 1.42. The van der Waals surface area contributed by atoms with Gasteiger partial charge in [0.1, 0.15) is 0 Å². The van der Waals surface area contributed by atoms with Crippen molar-refractivity contribution in [3.63, 3.8) is 0 Å². The molecule has 1 aromatic rings. The summed E-state index contributed by atoms with van der Waals surface area (Å²) in [6.45, 7) is 2.02. The van der Waals surface area contributed by atoms with Crippen LogP contribution in [0.1, 0.15) is 6.42 Å². The fourth-order valence-electron chi connectivity index (χ4n) is 1.47. The van der Waals surface area contributed by atoms with E-state index in [1.807, 2.05) is 0 Å². The molecule has 0 radical (unpaired) electrons. The number of aromatic nitrogens is 1. The molecule has 0 aromatic carbocycles. The zero-order chi connectivity index (χ0) is 9.10. The standard InChI is InChI=1S/C9H12FN3.ClH/c10-9-2-1-7(6-12-9)13-8-3-4-11-5-8;/h1-2,6,8,11,13H,3-5H2;1H/t8-;/m0./s1. The molecule has 5 heteroatoms. The summed E-state index contributed by atoms with van der Waals surface area (Å²) in [5.74, 6) is -0.435. The van der Waals surface area contributed by atoms with Crippen LogP contribution in [0, 0.1) is 5.95 Å². The molecular weight excluding hydrogens is 205 g/mol. The quantitative estimate of drug-likeness (QED) is 0.736. The van der Waals surface area contributed by atoms with E-state index in [1.54, 1.807) is 6.07 Å². The Morgan fingerprint density at radius 2 is 2.36 bits per heavy atom. The molecule has 1 aliphatic rings. The summed E-state index contributed by atoms with van der Waals surface area (Å²) >= 11 is 0. The van der Waals surface area contributed by atoms with E-state index >= 15 is 0 Å². The minimum absolute atomic E-state index is 0. The fraction of sp³-hybridized carbons (Fsp3) is 0.444. The normalized spacial score (nSPS) is 20.2. The molecule has 0 saturated carbocycles. The van der Waals surface area contributed by atoms with Crippen molar-refractivity contribution in [3.8, 4) is 0 Å². The van der Waals surface area contributed by atoms with Gasteiger partial charge in [-0.25, -0.2) is 4.98 Å². The van der Waals surface area contributed by atoms with Crippen LogP contribution in [0.4, 0.5) is 10.1 Å². The maximum absolute atomic E-state index is 12.4. The van der Waals surface area contributed by atoms with Crippen LogP contribution in [-0.2, 0) is 0 Å². The Kier molecular flexibility index (Phi) is 4.10. The summed E-state index contributed by atoms with van der Waals surface area (Å²) in [5, 5.41) is 6.52. The van der Waals surface area contributed by atoms with Gasteiger partial charge in [0.05, 0.1) is 11.9 Å². The largest absolute Gasteiger partial charge is 0.380 e. The van der Waals surface area contributed by atoms with E-state index in [4.69, 9.17) is 0 Å². The fourth-order valence-corrected chi connectivity index (χ4v) is 1.47. The Balaban J connectivity index is 0.000000980. The third-order valence-electron chi connectivity index (χ3n) is 2.16. The topological polar surface area (TPSA) is 37.0 Å². The maximum Gasteiger partial charge on any atom is 0.212 e. The van der Waals surface area contributed by atoms with E-state index in [0.29, 0.717) is 6.04 Å². The number of nitrogens with one attached hydrogen (secondary N) is 2. The second kappa shape index (κ2) is 5.12. The molecule has 3 nitrogen and oxygen atoms in total. The number of anilines is 1. The van der Waals surface area contributed by atoms with Crippen molar-refractivity contribution < 1.29 is 4.39 Å². The third kappa shape index (κ3) is 2.82. The molecule has 1 aliphatic heterocycles. The van der Waals surface area contributed by atoms with E-state index in [2.05, 4.69) is 15.6 Å². The summed E-state index contributed by atoms with van der Waals surface area (Å²) in [5.41, 5.74) is 0.884. The highest BCUT2D eigenvalue weighted by molar-refractivity contribution is 5.85. The van der Waals surface area contributed by atoms with Gasteiger partial charge in [0.15, 0.2) is 0 Å². The van der Waals surface area contributed by atoms with Crippen LogP contribution in [0.3, 0.4) is 0 Å². The Morgan fingerprint density at radius 1 is 1.50 bits per heavy atom. The summed E-state index contributed by atoms with van der Waals surface area (Å²) in [4.78, 5) is 3.57. The molecule has 2 heterocycles. The molecule has 0 aliphatic carbocycles. The van der Waals surface area contributed by atoms with Crippen LogP contribution in [0.15, 0.2) is 18.3 Å². The lowest BCUT2D eigenvalue weighted by Gasteiger charge is -2.11. The zero-order valence-corrected chi connectivity index (χ0v) is 8.48. The van der Waals surface area contributed by atoms with Crippen LogP contribution in [0.2, 0.25) is 0 Å². The zero-order valence-electron chi connectivity index (χ0n) is 7.66. The van der Waals surface area contributed by atoms with E-state index in [0.717, 1.165) is 25.2 Å². The molecule has 0 spiro atoms. The maximum atomic E-state index is 12.4. The minimum Gasteiger partial charge on any atom is -0.380 e. The Morgan fingerprint density at radius 3 is 2.93 bits per heavy atom. The first-order valence-electron chi connectivity index (χ1n) is 4.43. The number of nitrogens with zero attached hydrogens (tertiary/aromatic N) is 1. The van der Waals surface area contributed by atoms with Gasteiger partial charge in [0.2, 0.25) is 5.95 Å². The van der Waals surface area contributed by atoms with E-state index < -0.39 is 5.95 Å². The van der Waals surface area contributed by atoms with Gasteiger partial charge in [-0.05, 0) is 25.1 Å². The molecule has 0 bridgehead atoms. The first-order chi connectivity index (χ1) is 6.34. The van der Waals surface area contributed by atoms with Crippen LogP contribution in [-0.4, -0.2) is 24.1 Å². The van der Waals surface area contributed by atoms with Gasteiger partial charge in [-0.1, -0.05) is 0 Å². The van der Waals surface area contributed by atoms with Gasteiger partial charge in [0.25, 0.3) is 0 Å². The summed E-state index contributed by atoms with van der Waals surface area (Å²) in [6.07, 6.45) is 2.63. The Bertz CT molecular complexity index is 272. The first kappa shape index (κ1) is 11.2. The lowest BCUT2D eigenvalue weighted by Crippen LogP contribution is -2.22. The molecule has 2 rings (SSSR count). The SMILES string of the molecule is Cl.Fc1ccc(N[C@H]2CCNC2)cn1. The third-order valence-corrected chi connectivity index (χ3v) is 2.16. The van der Waals surface area contributed by atoms with Crippen molar-refractivity contribution in [3.05, 3.63) is 24.3 Å². The molecule has 1 fully saturated rings. The van der Waals surface area contributed by atoms with Crippen molar-refractivity contribution in [1.29, 1.82) is 0 Å². The number of rotatable bonds is 2. The number of halogens is 2. The second-order valence-corrected chi connectivity index (χ2v) is 3.20. The second-order valence-electron chi connectivity index (χ2n) is 3.20. The average Bonchev–Trinajstić information content (AvgIpc) is 2.62. The van der Waals surface area contributed by atoms with Gasteiger partial charge in [-0.3, -0.25) is 0 Å².